The summed E-state index contributed by atoms with van der Waals surface area (Å²) in [5, 5.41) is 2.66. The maximum absolute atomic E-state index is 13.7. The molecule has 0 atom stereocenters. The maximum atomic E-state index is 13.7. The van der Waals surface area contributed by atoms with Crippen molar-refractivity contribution in [1.29, 1.82) is 0 Å². The first-order chi connectivity index (χ1) is 10.5. The summed E-state index contributed by atoms with van der Waals surface area (Å²) in [4.78, 5) is 14.2. The zero-order valence-electron chi connectivity index (χ0n) is 12.3. The van der Waals surface area contributed by atoms with Gasteiger partial charge in [0.25, 0.3) is 5.69 Å². The van der Waals surface area contributed by atoms with E-state index in [0.29, 0.717) is 32.6 Å². The van der Waals surface area contributed by atoms with Crippen LogP contribution in [0, 0.1) is 16.6 Å². The van der Waals surface area contributed by atoms with Crippen LogP contribution in [0.15, 0.2) is 27.3 Å². The summed E-state index contributed by atoms with van der Waals surface area (Å²) in [7, 11) is 0. The van der Waals surface area contributed by atoms with Crippen LogP contribution >= 0.6 is 15.9 Å². The number of halogens is 2. The first-order valence-corrected chi connectivity index (χ1v) is 8.15. The van der Waals surface area contributed by atoms with E-state index in [1.54, 1.807) is 12.1 Å². The minimum absolute atomic E-state index is 0.338. The highest BCUT2D eigenvalue weighted by Crippen LogP contribution is 2.25. The third kappa shape index (κ3) is 3.15. The van der Waals surface area contributed by atoms with Gasteiger partial charge in [-0.25, -0.2) is 4.39 Å². The Morgan fingerprint density at radius 1 is 1.45 bits per heavy atom. The zero-order valence-corrected chi connectivity index (χ0v) is 13.9. The average Bonchev–Trinajstić information content (AvgIpc) is 2.85. The minimum Gasteiger partial charge on any atom is -0.295 e. The third-order valence-corrected chi connectivity index (χ3v) is 4.81. The molecule has 0 unspecified atom stereocenters. The van der Waals surface area contributed by atoms with Crippen LogP contribution in [-0.4, -0.2) is 23.1 Å². The number of nitrogens with zero attached hydrogens (tertiary/aromatic N) is 2. The summed E-state index contributed by atoms with van der Waals surface area (Å²) in [6.45, 7) is 4.84. The van der Waals surface area contributed by atoms with Crippen molar-refractivity contribution in [3.05, 3.63) is 39.1 Å². The summed E-state index contributed by atoms with van der Waals surface area (Å²) in [5.41, 5.74) is 1.51. The molecule has 5 nitrogen and oxygen atoms in total. The van der Waals surface area contributed by atoms with Crippen LogP contribution in [0.3, 0.4) is 0 Å². The molecular formula is C15H18BrFN3O2+. The van der Waals surface area contributed by atoms with Crippen LogP contribution in [0.5, 0.6) is 0 Å². The van der Waals surface area contributed by atoms with Gasteiger partial charge in [0.15, 0.2) is 4.60 Å². The first kappa shape index (κ1) is 15.4. The van der Waals surface area contributed by atoms with Gasteiger partial charge < -0.3 is 0 Å². The van der Waals surface area contributed by atoms with Crippen molar-refractivity contribution < 1.29 is 13.6 Å². The molecule has 1 aromatic heterocycles. The van der Waals surface area contributed by atoms with Gasteiger partial charge in [-0.05, 0) is 70.9 Å². The molecule has 1 aromatic carbocycles. The van der Waals surface area contributed by atoms with Gasteiger partial charge in [0.1, 0.15) is 5.82 Å². The molecule has 1 N–H and O–H groups in total. The number of nitrogens with one attached hydrogen (secondary N) is 1. The number of H-pyrrole nitrogens is 1. The number of rotatable bonds is 3. The molecule has 2 heterocycles. The van der Waals surface area contributed by atoms with Gasteiger partial charge in [-0.3, -0.25) is 4.90 Å². The van der Waals surface area contributed by atoms with E-state index in [2.05, 4.69) is 32.9 Å². The summed E-state index contributed by atoms with van der Waals surface area (Å²) in [6.07, 6.45) is 2.30. The highest BCUT2D eigenvalue weighted by Gasteiger charge is 2.26. The molecule has 0 saturated carbocycles. The molecule has 0 amide bonds. The van der Waals surface area contributed by atoms with Crippen LogP contribution < -0.4 is 4.60 Å². The lowest BCUT2D eigenvalue weighted by atomic mass is 9.99. The number of hydrogen-bond acceptors (Lipinski definition) is 3. The highest BCUT2D eigenvalue weighted by atomic mass is 79.9. The van der Waals surface area contributed by atoms with Gasteiger partial charge >= 0.3 is 0 Å². The van der Waals surface area contributed by atoms with E-state index in [0.717, 1.165) is 31.8 Å². The molecular weight excluding hydrogens is 353 g/mol. The van der Waals surface area contributed by atoms with E-state index in [4.69, 9.17) is 4.63 Å². The number of hydrogen-bond donors (Lipinski definition) is 1. The lowest BCUT2D eigenvalue weighted by Crippen LogP contribution is -2.32. The largest absolute Gasteiger partial charge is 0.295 e. The quantitative estimate of drug-likeness (QED) is 0.901. The molecule has 1 fully saturated rings. The molecule has 1 aliphatic heterocycles. The SMILES string of the molecule is CC1CCN(Cc2[nH]o[n+](=O)c2-c2ccc(Br)c(F)c2)CC1. The van der Waals surface area contributed by atoms with E-state index in [9.17, 15) is 9.30 Å². The van der Waals surface area contributed by atoms with Crippen LogP contribution in [0.2, 0.25) is 0 Å². The Kier molecular flexibility index (Phi) is 4.44. The second-order valence-corrected chi connectivity index (χ2v) is 6.72. The fourth-order valence-corrected chi connectivity index (χ4v) is 3.02. The molecule has 3 rings (SSSR count). The van der Waals surface area contributed by atoms with Crippen LogP contribution in [0.4, 0.5) is 4.39 Å². The van der Waals surface area contributed by atoms with Crippen molar-refractivity contribution in [2.45, 2.75) is 26.3 Å². The molecule has 0 radical (unpaired) electrons. The van der Waals surface area contributed by atoms with Gasteiger partial charge in [0, 0.05) is 5.56 Å². The van der Waals surface area contributed by atoms with Gasteiger partial charge in [-0.2, -0.15) is 0 Å². The molecule has 118 valence electrons. The van der Waals surface area contributed by atoms with Crippen molar-refractivity contribution in [3.63, 3.8) is 0 Å². The van der Waals surface area contributed by atoms with E-state index in [-0.39, 0.29) is 0 Å². The average molecular weight is 371 g/mol. The Balaban J connectivity index is 1.87. The van der Waals surface area contributed by atoms with E-state index >= 15 is 0 Å². The lowest BCUT2D eigenvalue weighted by molar-refractivity contribution is -0.704. The molecule has 1 saturated heterocycles. The second-order valence-electron chi connectivity index (χ2n) is 5.87. The predicted octanol–water partition coefficient (Wildman–Crippen LogP) is 3.32. The third-order valence-electron chi connectivity index (χ3n) is 4.17. The monoisotopic (exact) mass is 370 g/mol. The van der Waals surface area contributed by atoms with Gasteiger partial charge in [0.2, 0.25) is 5.69 Å². The topological polar surface area (TPSA) is 55.1 Å². The smallest absolute Gasteiger partial charge is 0.276 e. The van der Waals surface area contributed by atoms with E-state index < -0.39 is 5.82 Å². The number of likely N-dealkylation sites (tertiary alicyclic amines) is 1. The zero-order chi connectivity index (χ0) is 15.7. The van der Waals surface area contributed by atoms with Crippen molar-refractivity contribution in [1.82, 2.24) is 10.1 Å². The summed E-state index contributed by atoms with van der Waals surface area (Å²) in [6, 6.07) is 4.62. The van der Waals surface area contributed by atoms with Crippen molar-refractivity contribution in [3.8, 4) is 11.3 Å². The molecule has 0 aliphatic carbocycles. The van der Waals surface area contributed by atoms with E-state index in [1.165, 1.54) is 6.07 Å². The molecule has 22 heavy (non-hydrogen) atoms. The Hall–Kier alpha value is -1.47. The van der Waals surface area contributed by atoms with Crippen LogP contribution in [0.25, 0.3) is 11.3 Å². The number of piperidine rings is 1. The number of aromatic amines is 1. The van der Waals surface area contributed by atoms with Crippen LogP contribution in [0.1, 0.15) is 25.5 Å². The fraction of sp³-hybridized carbons (Fsp3) is 0.467. The normalized spacial score (nSPS) is 17.0. The molecule has 2 aromatic rings. The van der Waals surface area contributed by atoms with Crippen molar-refractivity contribution in [2.75, 3.05) is 13.1 Å². The number of aromatic nitrogens is 2. The molecule has 0 bridgehead atoms. The summed E-state index contributed by atoms with van der Waals surface area (Å²) >= 11 is 3.12. The van der Waals surface area contributed by atoms with Crippen LogP contribution in [-0.2, 0) is 6.54 Å². The first-order valence-electron chi connectivity index (χ1n) is 7.35. The Morgan fingerprint density at radius 3 is 2.86 bits per heavy atom. The van der Waals surface area contributed by atoms with Gasteiger partial charge in [0.05, 0.1) is 11.0 Å². The van der Waals surface area contributed by atoms with Crippen molar-refractivity contribution in [2.24, 2.45) is 5.92 Å². The minimum atomic E-state index is -0.406. The van der Waals surface area contributed by atoms with Crippen molar-refractivity contribution >= 4 is 15.9 Å². The van der Waals surface area contributed by atoms with E-state index in [1.807, 2.05) is 0 Å². The molecule has 0 spiro atoms. The molecule has 1 aliphatic rings. The summed E-state index contributed by atoms with van der Waals surface area (Å²) in [5.74, 6) is 0.338. The standard InChI is InChI=1S/C15H18BrFN3O2/c1-10-4-6-19(7-5-10)9-14-15(20(21)22-18-14)11-2-3-12(16)13(17)8-11/h2-3,8,10,18H,4-7,9H2,1H3/q+1. The lowest BCUT2D eigenvalue weighted by Gasteiger charge is -2.28. The molecule has 7 heteroatoms. The Bertz CT molecular complexity index is 720. The Morgan fingerprint density at radius 2 is 2.18 bits per heavy atom. The number of benzene rings is 1. The predicted molar refractivity (Wildman–Crippen MR) is 83.2 cm³/mol. The van der Waals surface area contributed by atoms with Gasteiger partial charge in [-0.15, -0.1) is 0 Å². The fourth-order valence-electron chi connectivity index (χ4n) is 2.77. The maximum Gasteiger partial charge on any atom is 0.276 e. The highest BCUT2D eigenvalue weighted by molar-refractivity contribution is 9.10. The Labute approximate surface area is 135 Å². The van der Waals surface area contributed by atoms with Gasteiger partial charge in [-0.1, -0.05) is 16.7 Å². The second kappa shape index (κ2) is 6.34. The summed E-state index contributed by atoms with van der Waals surface area (Å²) < 4.78 is 19.4.